The van der Waals surface area contributed by atoms with Crippen molar-refractivity contribution in [3.63, 3.8) is 0 Å². The third-order valence-electron chi connectivity index (χ3n) is 4.41. The molecule has 0 aliphatic rings. The fraction of sp³-hybridized carbons (Fsp3) is 0.429. The van der Waals surface area contributed by atoms with Crippen LogP contribution in [0, 0.1) is 11.8 Å². The van der Waals surface area contributed by atoms with Gasteiger partial charge in [0.2, 0.25) is 0 Å². The third-order valence-corrected chi connectivity index (χ3v) is 4.41. The van der Waals surface area contributed by atoms with Gasteiger partial charge in [0.05, 0.1) is 0 Å². The zero-order valence-electron chi connectivity index (χ0n) is 15.5. The van der Waals surface area contributed by atoms with Crippen molar-refractivity contribution < 1.29 is 10.2 Å². The number of rotatable bonds is 7. The van der Waals surface area contributed by atoms with E-state index in [1.807, 2.05) is 69.4 Å². The maximum atomic E-state index is 9.06. The maximum absolute atomic E-state index is 9.06. The standard InChI is InChI=1S/C11H17NO.C10H15NO/c1-9(8-13)11(12-2)10-6-4-3-5-7-10;1-8(7-12)10(11)9-5-3-2-4-6-9/h3-7,9,11-13H,8H2,1-2H3;2-6,8,10,12H,7,11H2,1H3/t9-,11+;8-,10+/m11/s1. The zero-order valence-corrected chi connectivity index (χ0v) is 15.5. The summed E-state index contributed by atoms with van der Waals surface area (Å²) < 4.78 is 0. The highest BCUT2D eigenvalue weighted by atomic mass is 16.3. The Morgan fingerprint density at radius 3 is 1.64 bits per heavy atom. The lowest BCUT2D eigenvalue weighted by Crippen LogP contribution is -2.25. The molecule has 2 aromatic rings. The van der Waals surface area contributed by atoms with E-state index in [1.165, 1.54) is 5.56 Å². The van der Waals surface area contributed by atoms with Crippen molar-refractivity contribution in [2.24, 2.45) is 17.6 Å². The fourth-order valence-corrected chi connectivity index (χ4v) is 2.66. The van der Waals surface area contributed by atoms with Crippen LogP contribution >= 0.6 is 0 Å². The molecule has 2 rings (SSSR count). The molecule has 2 aromatic carbocycles. The molecule has 0 saturated heterocycles. The predicted molar refractivity (Wildman–Crippen MR) is 104 cm³/mol. The van der Waals surface area contributed by atoms with Crippen molar-refractivity contribution in [2.45, 2.75) is 25.9 Å². The van der Waals surface area contributed by atoms with E-state index >= 15 is 0 Å². The summed E-state index contributed by atoms with van der Waals surface area (Å²) in [5, 5.41) is 21.2. The molecule has 0 fully saturated rings. The molecule has 0 saturated carbocycles. The summed E-state index contributed by atoms with van der Waals surface area (Å²) >= 11 is 0. The van der Waals surface area contributed by atoms with Crippen molar-refractivity contribution in [1.82, 2.24) is 5.32 Å². The van der Waals surface area contributed by atoms with Crippen molar-refractivity contribution in [2.75, 3.05) is 20.3 Å². The second-order valence-electron chi connectivity index (χ2n) is 6.43. The molecule has 25 heavy (non-hydrogen) atoms. The molecule has 0 heterocycles. The van der Waals surface area contributed by atoms with Crippen LogP contribution in [0.1, 0.15) is 37.1 Å². The summed E-state index contributed by atoms with van der Waals surface area (Å²) in [6.07, 6.45) is 0. The van der Waals surface area contributed by atoms with Gasteiger partial charge in [0.1, 0.15) is 0 Å². The molecule has 0 aromatic heterocycles. The van der Waals surface area contributed by atoms with Gasteiger partial charge in [0.15, 0.2) is 0 Å². The van der Waals surface area contributed by atoms with E-state index in [2.05, 4.69) is 17.4 Å². The topological polar surface area (TPSA) is 78.5 Å². The number of benzene rings is 2. The number of nitrogens with two attached hydrogens (primary N) is 1. The van der Waals surface area contributed by atoms with Gasteiger partial charge in [-0.25, -0.2) is 0 Å². The predicted octanol–water partition coefficient (Wildman–Crippen LogP) is 2.89. The number of hydrogen-bond donors (Lipinski definition) is 4. The van der Waals surface area contributed by atoms with Crippen LogP contribution in [-0.2, 0) is 0 Å². The first kappa shape index (κ1) is 21.3. The van der Waals surface area contributed by atoms with Crippen LogP contribution < -0.4 is 11.1 Å². The van der Waals surface area contributed by atoms with Crippen molar-refractivity contribution in [3.05, 3.63) is 71.8 Å². The van der Waals surface area contributed by atoms with Gasteiger partial charge in [-0.2, -0.15) is 0 Å². The van der Waals surface area contributed by atoms with Crippen LogP contribution in [0.4, 0.5) is 0 Å². The average molecular weight is 344 g/mol. The van der Waals surface area contributed by atoms with Gasteiger partial charge >= 0.3 is 0 Å². The third kappa shape index (κ3) is 6.96. The van der Waals surface area contributed by atoms with Crippen molar-refractivity contribution in [1.29, 1.82) is 0 Å². The lowest BCUT2D eigenvalue weighted by Gasteiger charge is -2.22. The summed E-state index contributed by atoms with van der Waals surface area (Å²) in [7, 11) is 1.92. The first-order valence-electron chi connectivity index (χ1n) is 8.79. The number of hydrogen-bond acceptors (Lipinski definition) is 4. The molecule has 5 N–H and O–H groups in total. The Morgan fingerprint density at radius 2 is 1.24 bits per heavy atom. The quantitative estimate of drug-likeness (QED) is 0.623. The minimum absolute atomic E-state index is 0.0591. The minimum atomic E-state index is -0.0591. The summed E-state index contributed by atoms with van der Waals surface area (Å²) in [5.41, 5.74) is 8.20. The number of aliphatic hydroxyl groups excluding tert-OH is 2. The summed E-state index contributed by atoms with van der Waals surface area (Å²) in [6.45, 7) is 4.32. The van der Waals surface area contributed by atoms with Crippen molar-refractivity contribution >= 4 is 0 Å². The average Bonchev–Trinajstić information content (AvgIpc) is 2.69. The van der Waals surface area contributed by atoms with Crippen LogP contribution in [-0.4, -0.2) is 30.5 Å². The Morgan fingerprint density at radius 1 is 0.800 bits per heavy atom. The highest BCUT2D eigenvalue weighted by Gasteiger charge is 2.15. The fourth-order valence-electron chi connectivity index (χ4n) is 2.66. The van der Waals surface area contributed by atoms with E-state index in [9.17, 15) is 0 Å². The molecule has 0 bridgehead atoms. The minimum Gasteiger partial charge on any atom is -0.396 e. The molecule has 0 aliphatic carbocycles. The Kier molecular flexibility index (Phi) is 10.0. The molecule has 0 radical (unpaired) electrons. The molecule has 0 unspecified atom stereocenters. The molecule has 0 amide bonds. The molecular weight excluding hydrogens is 312 g/mol. The second kappa shape index (κ2) is 11.8. The molecule has 4 nitrogen and oxygen atoms in total. The number of aliphatic hydroxyl groups is 2. The van der Waals surface area contributed by atoms with E-state index < -0.39 is 0 Å². The zero-order chi connectivity index (χ0) is 18.7. The van der Waals surface area contributed by atoms with E-state index in [1.54, 1.807) is 0 Å². The second-order valence-corrected chi connectivity index (χ2v) is 6.43. The van der Waals surface area contributed by atoms with Crippen molar-refractivity contribution in [3.8, 4) is 0 Å². The Labute approximate surface area is 151 Å². The van der Waals surface area contributed by atoms with E-state index in [0.717, 1.165) is 5.56 Å². The van der Waals surface area contributed by atoms with Gasteiger partial charge in [-0.05, 0) is 30.0 Å². The maximum Gasteiger partial charge on any atom is 0.0474 e. The summed E-state index contributed by atoms with van der Waals surface area (Å²) in [6, 6.07) is 20.2. The van der Waals surface area contributed by atoms with Gasteiger partial charge in [0.25, 0.3) is 0 Å². The van der Waals surface area contributed by atoms with Crippen LogP contribution in [0.2, 0.25) is 0 Å². The lowest BCUT2D eigenvalue weighted by molar-refractivity contribution is 0.206. The van der Waals surface area contributed by atoms with E-state index in [-0.39, 0.29) is 37.1 Å². The van der Waals surface area contributed by atoms with Crippen LogP contribution in [0.25, 0.3) is 0 Å². The summed E-state index contributed by atoms with van der Waals surface area (Å²) in [5.74, 6) is 0.361. The highest BCUT2D eigenvalue weighted by Crippen LogP contribution is 2.20. The van der Waals surface area contributed by atoms with Gasteiger partial charge in [-0.3, -0.25) is 0 Å². The Balaban J connectivity index is 0.000000251. The molecule has 4 heteroatoms. The molecule has 138 valence electrons. The molecule has 4 atom stereocenters. The highest BCUT2D eigenvalue weighted by molar-refractivity contribution is 5.20. The van der Waals surface area contributed by atoms with Gasteiger partial charge in [-0.1, -0.05) is 74.5 Å². The SMILES string of the molecule is CN[C@H](c1ccccc1)[C@H](C)CO.C[C@H](CO)[C@H](N)c1ccccc1. The molecule has 0 spiro atoms. The van der Waals surface area contributed by atoms with Crippen LogP contribution in [0.5, 0.6) is 0 Å². The van der Waals surface area contributed by atoms with Gasteiger partial charge in [-0.15, -0.1) is 0 Å². The molecular formula is C21H32N2O2. The van der Waals surface area contributed by atoms with Crippen LogP contribution in [0.3, 0.4) is 0 Å². The lowest BCUT2D eigenvalue weighted by atomic mass is 9.95. The largest absolute Gasteiger partial charge is 0.396 e. The van der Waals surface area contributed by atoms with Gasteiger partial charge < -0.3 is 21.3 Å². The van der Waals surface area contributed by atoms with Gasteiger partial charge in [0, 0.05) is 25.3 Å². The Hall–Kier alpha value is -1.72. The van der Waals surface area contributed by atoms with Crippen LogP contribution in [0.15, 0.2) is 60.7 Å². The van der Waals surface area contributed by atoms with E-state index in [4.69, 9.17) is 15.9 Å². The first-order valence-corrected chi connectivity index (χ1v) is 8.79. The summed E-state index contributed by atoms with van der Waals surface area (Å²) in [4.78, 5) is 0. The van der Waals surface area contributed by atoms with E-state index in [0.29, 0.717) is 0 Å². The Bertz CT molecular complexity index is 563. The monoisotopic (exact) mass is 344 g/mol. The normalized spacial score (nSPS) is 15.4. The smallest absolute Gasteiger partial charge is 0.0474 e. The molecule has 0 aliphatic heterocycles. The first-order chi connectivity index (χ1) is 12.0. The number of nitrogens with one attached hydrogen (secondary N) is 1.